The summed E-state index contributed by atoms with van der Waals surface area (Å²) in [6.07, 6.45) is 6.12. The molecule has 2 saturated carbocycles. The number of carbonyl (C=O) groups excluding carboxylic acids is 2. The number of esters is 1. The number of rotatable bonds is 9. The molecule has 7 aliphatic rings. The van der Waals surface area contributed by atoms with Crippen molar-refractivity contribution >= 4 is 17.5 Å². The standard InChI is InChI=1S/C41H64N2O10/c1-10-23-12-11-13-31(53-33-15-14-30(43(5)6)21(3)49-33)20(2)37(45)29-18-26-25-16-24(52-41-40(48-9)39(47-8)38(46-7)22(4)50-41)17-28(25)35-36(42-35)34(26)27(29)19-32(44)51-23/h18,20-28,30-31,33-34,36,38-41H,10-17,19H2,1-9H3/t20-,21?,22?,23+,24+,25+,26+,27-,28-,30+,31+,33+,34-,36?,38+,39?,40?,41+/m1/s1. The van der Waals surface area contributed by atoms with Gasteiger partial charge in [0, 0.05) is 56.8 Å². The number of hydrogen-bond acceptors (Lipinski definition) is 12. The Morgan fingerprint density at radius 2 is 1.62 bits per heavy atom. The van der Waals surface area contributed by atoms with Crippen molar-refractivity contribution in [1.82, 2.24) is 4.90 Å². The average Bonchev–Trinajstić information content (AvgIpc) is 3.67. The van der Waals surface area contributed by atoms with Gasteiger partial charge in [-0.25, -0.2) is 0 Å². The van der Waals surface area contributed by atoms with Crippen LogP contribution in [0.5, 0.6) is 0 Å². The number of ketones is 1. The predicted octanol–water partition coefficient (Wildman–Crippen LogP) is 4.75. The molecule has 3 aliphatic carbocycles. The molecule has 0 radical (unpaired) electrons. The van der Waals surface area contributed by atoms with E-state index < -0.39 is 12.4 Å². The summed E-state index contributed by atoms with van der Waals surface area (Å²) < 4.78 is 49.7. The molecule has 53 heavy (non-hydrogen) atoms. The van der Waals surface area contributed by atoms with E-state index in [-0.39, 0.29) is 109 Å². The van der Waals surface area contributed by atoms with Gasteiger partial charge in [-0.1, -0.05) is 19.9 Å². The average molecular weight is 745 g/mol. The Balaban J connectivity index is 1.11. The van der Waals surface area contributed by atoms with E-state index in [1.165, 1.54) is 5.71 Å². The molecule has 12 heteroatoms. The van der Waals surface area contributed by atoms with Gasteiger partial charge in [0.1, 0.15) is 24.4 Å². The first-order chi connectivity index (χ1) is 25.5. The second-order valence-corrected chi connectivity index (χ2v) is 17.1. The topological polar surface area (TPSA) is 124 Å². The molecule has 4 aliphatic heterocycles. The number of cyclic esters (lactones) is 1. The highest BCUT2D eigenvalue weighted by atomic mass is 16.7. The summed E-state index contributed by atoms with van der Waals surface area (Å²) in [5, 5.41) is 0. The highest BCUT2D eigenvalue weighted by molar-refractivity contribution is 6.05. The van der Waals surface area contributed by atoms with Crippen LogP contribution in [-0.2, 0) is 47.5 Å². The Bertz CT molecular complexity index is 1390. The van der Waals surface area contributed by atoms with E-state index in [4.69, 9.17) is 42.9 Å². The molecule has 0 aromatic heterocycles. The van der Waals surface area contributed by atoms with Crippen LogP contribution in [0.4, 0.5) is 0 Å². The molecule has 0 spiro atoms. The third-order valence-corrected chi connectivity index (χ3v) is 13.9. The summed E-state index contributed by atoms with van der Waals surface area (Å²) in [6, 6.07) is 0.388. The molecule has 0 aromatic carbocycles. The van der Waals surface area contributed by atoms with Gasteiger partial charge in [-0.15, -0.1) is 0 Å². The monoisotopic (exact) mass is 744 g/mol. The Morgan fingerprint density at radius 1 is 0.868 bits per heavy atom. The number of carbonyl (C=O) groups is 2. The van der Waals surface area contributed by atoms with E-state index in [1.54, 1.807) is 21.3 Å². The molecular weight excluding hydrogens is 680 g/mol. The SMILES string of the molecule is CC[C@H]1CCC[C@H](O[C@H]2CC[C@H](N(C)C)C(C)O2)[C@@H](C)C(=O)C2=C[C@H]3[C@@H]4C[C@H](O[C@@H]5OC(C)[C@H](OC)C(OC)C5OC)C[C@H]4C4=NC4[C@H]3[C@@H]2CC(=O)O1. The van der Waals surface area contributed by atoms with Crippen molar-refractivity contribution in [2.24, 2.45) is 40.5 Å². The maximum absolute atomic E-state index is 14.8. The first-order valence-corrected chi connectivity index (χ1v) is 20.4. The number of allylic oxidation sites excluding steroid dienone is 2. The zero-order valence-corrected chi connectivity index (χ0v) is 33.3. The minimum atomic E-state index is -0.605. The van der Waals surface area contributed by atoms with E-state index in [2.05, 4.69) is 38.9 Å². The van der Waals surface area contributed by atoms with Gasteiger partial charge in [0.05, 0.1) is 36.9 Å². The van der Waals surface area contributed by atoms with E-state index in [9.17, 15) is 9.59 Å². The van der Waals surface area contributed by atoms with Crippen molar-refractivity contribution in [3.8, 4) is 0 Å². The Labute approximate surface area is 315 Å². The molecule has 18 atom stereocenters. The van der Waals surface area contributed by atoms with Gasteiger partial charge < -0.3 is 42.8 Å². The van der Waals surface area contributed by atoms with Crippen LogP contribution in [0.2, 0.25) is 0 Å². The van der Waals surface area contributed by atoms with Crippen LogP contribution in [-0.4, -0.2) is 131 Å². The van der Waals surface area contributed by atoms with Crippen LogP contribution in [0.25, 0.3) is 0 Å². The van der Waals surface area contributed by atoms with Crippen molar-refractivity contribution in [3.05, 3.63) is 11.6 Å². The van der Waals surface area contributed by atoms with Crippen LogP contribution < -0.4 is 0 Å². The van der Waals surface area contributed by atoms with Crippen molar-refractivity contribution in [1.29, 1.82) is 0 Å². The fraction of sp³-hybridized carbons (Fsp3) is 0.878. The summed E-state index contributed by atoms with van der Waals surface area (Å²) in [7, 11) is 9.15. The Kier molecular flexibility index (Phi) is 12.2. The van der Waals surface area contributed by atoms with Gasteiger partial charge >= 0.3 is 5.97 Å². The first-order valence-electron chi connectivity index (χ1n) is 20.4. The molecular formula is C41H64N2O10. The number of likely N-dealkylation sites (N-methyl/N-ethyl adjacent to an activating group) is 1. The summed E-state index contributed by atoms with van der Waals surface area (Å²) in [5.41, 5.74) is 1.99. The predicted molar refractivity (Wildman–Crippen MR) is 196 cm³/mol. The molecule has 298 valence electrons. The molecule has 0 bridgehead atoms. The van der Waals surface area contributed by atoms with E-state index in [0.717, 1.165) is 50.5 Å². The number of nitrogens with zero attached hydrogens (tertiary/aromatic N) is 2. The molecule has 0 N–H and O–H groups in total. The van der Waals surface area contributed by atoms with Crippen LogP contribution in [0, 0.1) is 35.5 Å². The molecule has 5 unspecified atom stereocenters. The van der Waals surface area contributed by atoms with E-state index in [1.807, 2.05) is 13.8 Å². The maximum atomic E-state index is 14.8. The van der Waals surface area contributed by atoms with Crippen molar-refractivity contribution in [3.63, 3.8) is 0 Å². The van der Waals surface area contributed by atoms with E-state index in [0.29, 0.717) is 12.5 Å². The van der Waals surface area contributed by atoms with Crippen LogP contribution in [0.3, 0.4) is 0 Å². The number of methoxy groups -OCH3 is 3. The second kappa shape index (κ2) is 16.4. The lowest BCUT2D eigenvalue weighted by Crippen LogP contribution is -2.59. The number of ether oxygens (including phenoxy) is 8. The molecule has 3 saturated heterocycles. The number of fused-ring (bicyclic) bond motifs is 8. The summed E-state index contributed by atoms with van der Waals surface area (Å²) in [4.78, 5) is 35.7. The van der Waals surface area contributed by atoms with Gasteiger partial charge in [0.2, 0.25) is 0 Å². The number of aliphatic imine (C=N–C) groups is 1. The van der Waals surface area contributed by atoms with Gasteiger partial charge in [0.15, 0.2) is 18.4 Å². The minimum absolute atomic E-state index is 0.0342. The summed E-state index contributed by atoms with van der Waals surface area (Å²) >= 11 is 0. The van der Waals surface area contributed by atoms with Gasteiger partial charge in [-0.05, 0) is 96.7 Å². The number of Topliss-reactive ketones (excluding diaryl/α,β-unsaturated/α-hetero) is 1. The second-order valence-electron chi connectivity index (χ2n) is 17.1. The van der Waals surface area contributed by atoms with Crippen LogP contribution >= 0.6 is 0 Å². The summed E-state index contributed by atoms with van der Waals surface area (Å²) in [6.45, 7) is 8.17. The van der Waals surface area contributed by atoms with Crippen molar-refractivity contribution < 1.29 is 47.5 Å². The Hall–Kier alpha value is -1.77. The zero-order valence-electron chi connectivity index (χ0n) is 33.3. The lowest BCUT2D eigenvalue weighted by Gasteiger charge is -2.44. The fourth-order valence-corrected chi connectivity index (χ4v) is 11.1. The fourth-order valence-electron chi connectivity index (χ4n) is 11.1. The first kappa shape index (κ1) is 39.5. The smallest absolute Gasteiger partial charge is 0.306 e. The van der Waals surface area contributed by atoms with Crippen LogP contribution in [0.1, 0.15) is 85.5 Å². The van der Waals surface area contributed by atoms with E-state index >= 15 is 0 Å². The molecule has 0 aromatic rings. The highest BCUT2D eigenvalue weighted by Gasteiger charge is 2.62. The normalized spacial score (nSPS) is 47.3. The summed E-state index contributed by atoms with van der Waals surface area (Å²) in [5.74, 6) is -0.0443. The third kappa shape index (κ3) is 7.69. The Morgan fingerprint density at radius 3 is 2.30 bits per heavy atom. The quantitative estimate of drug-likeness (QED) is 0.304. The lowest BCUT2D eigenvalue weighted by molar-refractivity contribution is -0.314. The molecule has 4 heterocycles. The maximum Gasteiger partial charge on any atom is 0.306 e. The largest absolute Gasteiger partial charge is 0.462 e. The molecule has 7 rings (SSSR count). The highest BCUT2D eigenvalue weighted by Crippen LogP contribution is 2.60. The molecule has 5 fully saturated rings. The lowest BCUT2D eigenvalue weighted by atomic mass is 9.66. The molecule has 0 amide bonds. The zero-order chi connectivity index (χ0) is 37.7. The van der Waals surface area contributed by atoms with Gasteiger partial charge in [-0.3, -0.25) is 14.6 Å². The number of hydrogen-bond donors (Lipinski definition) is 0. The van der Waals surface area contributed by atoms with Crippen LogP contribution in [0.15, 0.2) is 16.6 Å². The van der Waals surface area contributed by atoms with Crippen molar-refractivity contribution in [2.45, 2.75) is 159 Å². The van der Waals surface area contributed by atoms with Crippen molar-refractivity contribution in [2.75, 3.05) is 35.4 Å². The minimum Gasteiger partial charge on any atom is -0.462 e. The third-order valence-electron chi connectivity index (χ3n) is 13.9. The van der Waals surface area contributed by atoms with Gasteiger partial charge in [-0.2, -0.15) is 0 Å². The molecule has 12 nitrogen and oxygen atoms in total. The van der Waals surface area contributed by atoms with Gasteiger partial charge in [0.25, 0.3) is 0 Å².